The number of aromatic nitrogens is 2. The van der Waals surface area contributed by atoms with Crippen molar-refractivity contribution in [3.05, 3.63) is 22.7 Å². The van der Waals surface area contributed by atoms with E-state index in [0.29, 0.717) is 12.2 Å². The summed E-state index contributed by atoms with van der Waals surface area (Å²) in [5.74, 6) is 0.297. The maximum absolute atomic E-state index is 12.3. The number of carbonyl (C=O) groups excluding carboxylic acids is 1. The van der Waals surface area contributed by atoms with Crippen molar-refractivity contribution in [1.82, 2.24) is 15.3 Å². The maximum Gasteiger partial charge on any atom is 0.271 e. The summed E-state index contributed by atoms with van der Waals surface area (Å²) in [5.41, 5.74) is 0.155. The van der Waals surface area contributed by atoms with Crippen molar-refractivity contribution in [2.45, 2.75) is 53.0 Å². The van der Waals surface area contributed by atoms with E-state index in [2.05, 4.69) is 36.1 Å². The van der Waals surface area contributed by atoms with Gasteiger partial charge in [-0.3, -0.25) is 4.79 Å². The van der Waals surface area contributed by atoms with Crippen molar-refractivity contribution >= 4 is 17.5 Å². The molecule has 1 unspecified atom stereocenters. The third-order valence-electron chi connectivity index (χ3n) is 2.91. The molecule has 1 aromatic rings. The van der Waals surface area contributed by atoms with Gasteiger partial charge < -0.3 is 10.4 Å². The van der Waals surface area contributed by atoms with Gasteiger partial charge in [-0.25, -0.2) is 9.97 Å². The van der Waals surface area contributed by atoms with E-state index in [-0.39, 0.29) is 40.6 Å². The largest absolute Gasteiger partial charge is 0.394 e. The molecular weight excluding hydrogens is 290 g/mol. The van der Waals surface area contributed by atoms with Gasteiger partial charge in [-0.15, -0.1) is 0 Å². The summed E-state index contributed by atoms with van der Waals surface area (Å²) in [5, 5.41) is 12.4. The monoisotopic (exact) mass is 313 g/mol. The van der Waals surface area contributed by atoms with Crippen LogP contribution in [0, 0.1) is 5.41 Å². The lowest BCUT2D eigenvalue weighted by molar-refractivity contribution is 0.0892. The molecule has 1 atom stereocenters. The highest BCUT2D eigenvalue weighted by molar-refractivity contribution is 6.33. The molecule has 0 saturated carbocycles. The summed E-state index contributed by atoms with van der Waals surface area (Å²) in [4.78, 5) is 20.6. The summed E-state index contributed by atoms with van der Waals surface area (Å²) in [6, 6.07) is -0.328. The van der Waals surface area contributed by atoms with Crippen molar-refractivity contribution in [2.75, 3.05) is 6.61 Å². The Labute approximate surface area is 131 Å². The van der Waals surface area contributed by atoms with Crippen molar-refractivity contribution in [3.63, 3.8) is 0 Å². The molecule has 21 heavy (non-hydrogen) atoms. The Morgan fingerprint density at radius 2 is 2.05 bits per heavy atom. The molecule has 0 spiro atoms. The Morgan fingerprint density at radius 3 is 2.52 bits per heavy atom. The number of aliphatic hydroxyl groups is 1. The Morgan fingerprint density at radius 1 is 1.43 bits per heavy atom. The van der Waals surface area contributed by atoms with Crippen LogP contribution >= 0.6 is 11.6 Å². The summed E-state index contributed by atoms with van der Waals surface area (Å²) in [6.07, 6.45) is 2.10. The quantitative estimate of drug-likeness (QED) is 0.876. The number of hydrogen-bond acceptors (Lipinski definition) is 4. The number of nitrogens with zero attached hydrogens (tertiary/aromatic N) is 2. The van der Waals surface area contributed by atoms with Gasteiger partial charge in [-0.2, -0.15) is 0 Å². The van der Waals surface area contributed by atoms with Gasteiger partial charge in [0.2, 0.25) is 0 Å². The lowest BCUT2D eigenvalue weighted by Gasteiger charge is -2.25. The topological polar surface area (TPSA) is 75.1 Å². The molecule has 0 saturated heterocycles. The lowest BCUT2D eigenvalue weighted by atomic mass is 9.88. The molecule has 118 valence electrons. The van der Waals surface area contributed by atoms with Crippen LogP contribution in [0.2, 0.25) is 5.02 Å². The van der Waals surface area contributed by atoms with E-state index < -0.39 is 0 Å². The number of aliphatic hydroxyl groups excluding tert-OH is 1. The average Bonchev–Trinajstić information content (AvgIpc) is 2.36. The number of hydrogen-bond donors (Lipinski definition) is 2. The fourth-order valence-corrected chi connectivity index (χ4v) is 2.15. The average molecular weight is 314 g/mol. The third kappa shape index (κ3) is 5.59. The predicted molar refractivity (Wildman–Crippen MR) is 83.5 cm³/mol. The minimum Gasteiger partial charge on any atom is -0.394 e. The highest BCUT2D eigenvalue weighted by atomic mass is 35.5. The van der Waals surface area contributed by atoms with E-state index in [0.717, 1.165) is 0 Å². The SMILES string of the molecule is CC(C)c1ncc(Cl)c(C(=O)NC(CO)CC(C)(C)C)n1. The van der Waals surface area contributed by atoms with Crippen LogP contribution in [-0.4, -0.2) is 33.6 Å². The second kappa shape index (κ2) is 7.18. The molecule has 2 N–H and O–H groups in total. The summed E-state index contributed by atoms with van der Waals surface area (Å²) in [6.45, 7) is 9.92. The van der Waals surface area contributed by atoms with Gasteiger partial charge in [-0.1, -0.05) is 46.2 Å². The molecule has 1 heterocycles. The Balaban J connectivity index is 2.90. The molecule has 5 nitrogen and oxygen atoms in total. The highest BCUT2D eigenvalue weighted by Crippen LogP contribution is 2.21. The van der Waals surface area contributed by atoms with Gasteiger partial charge in [0, 0.05) is 5.92 Å². The van der Waals surface area contributed by atoms with Gasteiger partial charge in [-0.05, 0) is 11.8 Å². The van der Waals surface area contributed by atoms with Crippen molar-refractivity contribution in [2.24, 2.45) is 5.41 Å². The van der Waals surface area contributed by atoms with Crippen LogP contribution in [0.4, 0.5) is 0 Å². The predicted octanol–water partition coefficient (Wildman–Crippen LogP) is 2.78. The zero-order chi connectivity index (χ0) is 16.2. The molecule has 0 aliphatic heterocycles. The molecular formula is C15H24ClN3O2. The second-order valence-corrected chi connectivity index (χ2v) is 7.10. The van der Waals surface area contributed by atoms with E-state index in [1.54, 1.807) is 0 Å². The van der Waals surface area contributed by atoms with Gasteiger partial charge in [0.1, 0.15) is 11.5 Å². The Kier molecular flexibility index (Phi) is 6.10. The number of halogens is 1. The molecule has 1 amide bonds. The number of nitrogens with one attached hydrogen (secondary N) is 1. The zero-order valence-corrected chi connectivity index (χ0v) is 14.0. The standard InChI is InChI=1S/C15H24ClN3O2/c1-9(2)13-17-7-11(16)12(19-13)14(21)18-10(8-20)6-15(3,4)5/h7,9-10,20H,6,8H2,1-5H3,(H,18,21). The van der Waals surface area contributed by atoms with Crippen LogP contribution in [0.5, 0.6) is 0 Å². The fraction of sp³-hybridized carbons (Fsp3) is 0.667. The summed E-state index contributed by atoms with van der Waals surface area (Å²) in [7, 11) is 0. The van der Waals surface area contributed by atoms with E-state index >= 15 is 0 Å². The summed E-state index contributed by atoms with van der Waals surface area (Å²) < 4.78 is 0. The van der Waals surface area contributed by atoms with E-state index in [1.165, 1.54) is 6.20 Å². The first-order valence-corrected chi connectivity index (χ1v) is 7.46. The maximum atomic E-state index is 12.3. The van der Waals surface area contributed by atoms with E-state index in [9.17, 15) is 9.90 Å². The van der Waals surface area contributed by atoms with Crippen LogP contribution in [0.15, 0.2) is 6.20 Å². The first-order chi connectivity index (χ1) is 9.64. The fourth-order valence-electron chi connectivity index (χ4n) is 1.97. The molecule has 0 bridgehead atoms. The van der Waals surface area contributed by atoms with Crippen molar-refractivity contribution in [3.8, 4) is 0 Å². The number of amides is 1. The normalized spacial score (nSPS) is 13.3. The Hall–Kier alpha value is -1.20. The summed E-state index contributed by atoms with van der Waals surface area (Å²) >= 11 is 6.01. The van der Waals surface area contributed by atoms with E-state index in [1.807, 2.05) is 13.8 Å². The first kappa shape index (κ1) is 17.9. The zero-order valence-electron chi connectivity index (χ0n) is 13.3. The van der Waals surface area contributed by atoms with Crippen molar-refractivity contribution in [1.29, 1.82) is 0 Å². The smallest absolute Gasteiger partial charge is 0.271 e. The molecule has 0 fully saturated rings. The molecule has 6 heteroatoms. The van der Waals surface area contributed by atoms with Crippen molar-refractivity contribution < 1.29 is 9.90 Å². The van der Waals surface area contributed by atoms with Gasteiger partial charge in [0.05, 0.1) is 23.9 Å². The van der Waals surface area contributed by atoms with Crippen LogP contribution in [0.1, 0.15) is 63.3 Å². The van der Waals surface area contributed by atoms with Crippen LogP contribution in [0.25, 0.3) is 0 Å². The Bertz CT molecular complexity index is 498. The highest BCUT2D eigenvalue weighted by Gasteiger charge is 2.22. The molecule has 0 aliphatic carbocycles. The molecule has 1 rings (SSSR count). The minimum atomic E-state index is -0.382. The molecule has 0 aromatic carbocycles. The molecule has 1 aromatic heterocycles. The first-order valence-electron chi connectivity index (χ1n) is 7.08. The molecule has 0 radical (unpaired) electrons. The van der Waals surface area contributed by atoms with Gasteiger partial charge in [0.15, 0.2) is 0 Å². The number of rotatable bonds is 5. The molecule has 0 aliphatic rings. The van der Waals surface area contributed by atoms with E-state index in [4.69, 9.17) is 11.6 Å². The number of carbonyl (C=O) groups is 1. The lowest BCUT2D eigenvalue weighted by Crippen LogP contribution is -2.40. The van der Waals surface area contributed by atoms with Crippen LogP contribution in [0.3, 0.4) is 0 Å². The minimum absolute atomic E-state index is 0.000758. The third-order valence-corrected chi connectivity index (χ3v) is 3.19. The van der Waals surface area contributed by atoms with Gasteiger partial charge >= 0.3 is 0 Å². The second-order valence-electron chi connectivity index (χ2n) is 6.70. The van der Waals surface area contributed by atoms with Gasteiger partial charge in [0.25, 0.3) is 5.91 Å². The van der Waals surface area contributed by atoms with Crippen LogP contribution in [-0.2, 0) is 0 Å². The van der Waals surface area contributed by atoms with Crippen LogP contribution < -0.4 is 5.32 Å².